The molecule has 1 atom stereocenters. The summed E-state index contributed by atoms with van der Waals surface area (Å²) in [5.41, 5.74) is 0.385. The SMILES string of the molecule is CCCN(CC(F)(F)F)C(=O)CN1C(=O)NC2(CCc3ccccc32)C1=O. The zero-order valence-corrected chi connectivity index (χ0v) is 14.8. The number of fused-ring (bicyclic) bond motifs is 2. The van der Waals surface area contributed by atoms with Gasteiger partial charge in [-0.2, -0.15) is 13.2 Å². The van der Waals surface area contributed by atoms with E-state index in [1.165, 1.54) is 0 Å². The van der Waals surface area contributed by atoms with Gasteiger partial charge in [-0.05, 0) is 30.4 Å². The van der Waals surface area contributed by atoms with Gasteiger partial charge in [-0.3, -0.25) is 14.5 Å². The van der Waals surface area contributed by atoms with Crippen LogP contribution in [-0.2, 0) is 21.5 Å². The van der Waals surface area contributed by atoms with E-state index in [4.69, 9.17) is 0 Å². The molecule has 6 nitrogen and oxygen atoms in total. The van der Waals surface area contributed by atoms with Crippen molar-refractivity contribution in [3.05, 3.63) is 35.4 Å². The van der Waals surface area contributed by atoms with Gasteiger partial charge in [-0.25, -0.2) is 4.79 Å². The molecule has 4 amide bonds. The standard InChI is InChI=1S/C18H20F3N3O3/c1-2-9-23(11-18(19,20)21)14(25)10-24-15(26)17(22-16(24)27)8-7-12-5-3-4-6-13(12)17/h3-6H,2,7-11H2,1H3,(H,22,27). The minimum absolute atomic E-state index is 0.101. The molecule has 0 saturated carbocycles. The molecular formula is C18H20F3N3O3. The Kier molecular flexibility index (Phi) is 4.88. The Hall–Kier alpha value is -2.58. The van der Waals surface area contributed by atoms with Crippen LogP contribution in [0.2, 0.25) is 0 Å². The molecule has 1 aromatic carbocycles. The molecule has 9 heteroatoms. The molecule has 1 N–H and O–H groups in total. The molecule has 1 aromatic rings. The molecule has 1 aliphatic carbocycles. The van der Waals surface area contributed by atoms with Gasteiger partial charge in [0.15, 0.2) is 0 Å². The van der Waals surface area contributed by atoms with E-state index in [1.54, 1.807) is 19.1 Å². The summed E-state index contributed by atoms with van der Waals surface area (Å²) in [5, 5.41) is 2.65. The van der Waals surface area contributed by atoms with E-state index in [1.807, 2.05) is 12.1 Å². The predicted molar refractivity (Wildman–Crippen MR) is 89.6 cm³/mol. The molecule has 3 rings (SSSR count). The Balaban J connectivity index is 1.79. The summed E-state index contributed by atoms with van der Waals surface area (Å²) in [5.74, 6) is -1.49. The van der Waals surface area contributed by atoms with Crippen LogP contribution < -0.4 is 5.32 Å². The number of carbonyl (C=O) groups excluding carboxylic acids is 3. The summed E-state index contributed by atoms with van der Waals surface area (Å²) in [6.45, 7) is -0.563. The highest BCUT2D eigenvalue weighted by Crippen LogP contribution is 2.41. The van der Waals surface area contributed by atoms with Gasteiger partial charge in [0.05, 0.1) is 0 Å². The number of rotatable bonds is 5. The van der Waals surface area contributed by atoms with Crippen LogP contribution in [0.1, 0.15) is 30.9 Å². The van der Waals surface area contributed by atoms with Crippen molar-refractivity contribution in [1.82, 2.24) is 15.1 Å². The third kappa shape index (κ3) is 3.50. The van der Waals surface area contributed by atoms with Crippen molar-refractivity contribution in [2.75, 3.05) is 19.6 Å². The lowest BCUT2D eigenvalue weighted by molar-refractivity contribution is -0.162. The number of urea groups is 1. The van der Waals surface area contributed by atoms with Crippen LogP contribution in [0.25, 0.3) is 0 Å². The third-order valence-electron chi connectivity index (χ3n) is 4.93. The smallest absolute Gasteiger partial charge is 0.332 e. The molecule has 0 radical (unpaired) electrons. The Morgan fingerprint density at radius 2 is 2.00 bits per heavy atom. The molecule has 1 heterocycles. The Morgan fingerprint density at radius 3 is 2.67 bits per heavy atom. The molecule has 1 aliphatic heterocycles. The summed E-state index contributed by atoms with van der Waals surface area (Å²) >= 11 is 0. The second kappa shape index (κ2) is 6.86. The lowest BCUT2D eigenvalue weighted by Crippen LogP contribution is -2.47. The molecule has 1 fully saturated rings. The first kappa shape index (κ1) is 19.2. The van der Waals surface area contributed by atoms with E-state index in [9.17, 15) is 27.6 Å². The lowest BCUT2D eigenvalue weighted by Gasteiger charge is -2.26. The average Bonchev–Trinajstić information content (AvgIpc) is 3.07. The van der Waals surface area contributed by atoms with Crippen LogP contribution in [0.5, 0.6) is 0 Å². The summed E-state index contributed by atoms with van der Waals surface area (Å²) < 4.78 is 38.1. The van der Waals surface area contributed by atoms with E-state index in [0.717, 1.165) is 10.5 Å². The van der Waals surface area contributed by atoms with Crippen LogP contribution in [0.3, 0.4) is 0 Å². The summed E-state index contributed by atoms with van der Waals surface area (Å²) in [4.78, 5) is 39.0. The minimum Gasteiger partial charge on any atom is -0.332 e. The second-order valence-electron chi connectivity index (χ2n) is 6.81. The van der Waals surface area contributed by atoms with Crippen molar-refractivity contribution in [1.29, 1.82) is 0 Å². The fraction of sp³-hybridized carbons (Fsp3) is 0.500. The van der Waals surface area contributed by atoms with Gasteiger partial charge < -0.3 is 10.2 Å². The zero-order chi connectivity index (χ0) is 19.8. The summed E-state index contributed by atoms with van der Waals surface area (Å²) in [7, 11) is 0. The molecule has 0 aromatic heterocycles. The fourth-order valence-corrected chi connectivity index (χ4v) is 3.75. The van der Waals surface area contributed by atoms with Crippen molar-refractivity contribution < 1.29 is 27.6 Å². The second-order valence-corrected chi connectivity index (χ2v) is 6.81. The number of nitrogens with zero attached hydrogens (tertiary/aromatic N) is 2. The monoisotopic (exact) mass is 383 g/mol. The van der Waals surface area contributed by atoms with E-state index in [0.29, 0.717) is 29.7 Å². The van der Waals surface area contributed by atoms with Crippen molar-refractivity contribution in [2.24, 2.45) is 0 Å². The predicted octanol–water partition coefficient (Wildman–Crippen LogP) is 2.18. The quantitative estimate of drug-likeness (QED) is 0.793. The maximum Gasteiger partial charge on any atom is 0.406 e. The molecule has 1 spiro atoms. The number of hydrogen-bond donors (Lipinski definition) is 1. The third-order valence-corrected chi connectivity index (χ3v) is 4.93. The Labute approximate surface area is 154 Å². The molecule has 1 unspecified atom stereocenters. The number of nitrogens with one attached hydrogen (secondary N) is 1. The van der Waals surface area contributed by atoms with E-state index in [2.05, 4.69) is 5.32 Å². The molecular weight excluding hydrogens is 363 g/mol. The van der Waals surface area contributed by atoms with Crippen molar-refractivity contribution in [3.63, 3.8) is 0 Å². The van der Waals surface area contributed by atoms with Gasteiger partial charge in [0.2, 0.25) is 5.91 Å². The van der Waals surface area contributed by atoms with E-state index >= 15 is 0 Å². The zero-order valence-electron chi connectivity index (χ0n) is 14.8. The molecule has 27 heavy (non-hydrogen) atoms. The van der Waals surface area contributed by atoms with E-state index < -0.39 is 42.7 Å². The first-order valence-electron chi connectivity index (χ1n) is 8.75. The maximum atomic E-state index is 13.0. The van der Waals surface area contributed by atoms with Crippen LogP contribution in [0, 0.1) is 0 Å². The van der Waals surface area contributed by atoms with Crippen LogP contribution in [0.15, 0.2) is 24.3 Å². The van der Waals surface area contributed by atoms with Crippen LogP contribution in [0.4, 0.5) is 18.0 Å². The largest absolute Gasteiger partial charge is 0.406 e. The number of hydrogen-bond acceptors (Lipinski definition) is 3. The number of benzene rings is 1. The maximum absolute atomic E-state index is 13.0. The molecule has 2 aliphatic rings. The van der Waals surface area contributed by atoms with Gasteiger partial charge in [0.1, 0.15) is 18.6 Å². The molecule has 146 valence electrons. The van der Waals surface area contributed by atoms with Crippen molar-refractivity contribution >= 4 is 17.8 Å². The van der Waals surface area contributed by atoms with Crippen LogP contribution in [-0.4, -0.2) is 53.5 Å². The van der Waals surface area contributed by atoms with Gasteiger partial charge in [0, 0.05) is 6.54 Å². The van der Waals surface area contributed by atoms with E-state index in [-0.39, 0.29) is 6.54 Å². The highest BCUT2D eigenvalue weighted by atomic mass is 19.4. The normalized spacial score (nSPS) is 21.6. The average molecular weight is 383 g/mol. The Morgan fingerprint density at radius 1 is 1.30 bits per heavy atom. The van der Waals surface area contributed by atoms with Gasteiger partial charge in [-0.1, -0.05) is 31.2 Å². The molecule has 0 bridgehead atoms. The topological polar surface area (TPSA) is 69.7 Å². The number of aryl methyl sites for hydroxylation is 1. The number of alkyl halides is 3. The number of halogens is 3. The number of amides is 4. The minimum atomic E-state index is -4.55. The van der Waals surface area contributed by atoms with Crippen molar-refractivity contribution in [3.8, 4) is 0 Å². The highest BCUT2D eigenvalue weighted by Gasteiger charge is 2.55. The fourth-order valence-electron chi connectivity index (χ4n) is 3.75. The Bertz CT molecular complexity index is 781. The summed E-state index contributed by atoms with van der Waals surface area (Å²) in [6.07, 6.45) is -3.25. The summed E-state index contributed by atoms with van der Waals surface area (Å²) in [6, 6.07) is 6.45. The number of carbonyl (C=O) groups is 3. The van der Waals surface area contributed by atoms with Gasteiger partial charge >= 0.3 is 12.2 Å². The molecule has 1 saturated heterocycles. The van der Waals surface area contributed by atoms with Gasteiger partial charge in [-0.15, -0.1) is 0 Å². The first-order chi connectivity index (χ1) is 12.7. The lowest BCUT2D eigenvalue weighted by atomic mass is 9.92. The highest BCUT2D eigenvalue weighted by molar-refractivity contribution is 6.09. The van der Waals surface area contributed by atoms with Crippen molar-refractivity contribution in [2.45, 2.75) is 37.9 Å². The van der Waals surface area contributed by atoms with Crippen LogP contribution >= 0.6 is 0 Å². The number of imide groups is 1. The van der Waals surface area contributed by atoms with Gasteiger partial charge in [0.25, 0.3) is 5.91 Å². The first-order valence-corrected chi connectivity index (χ1v) is 8.75.